The summed E-state index contributed by atoms with van der Waals surface area (Å²) in [5, 5.41) is 3.49. The molecule has 3 rings (SSSR count). The molecule has 1 aromatic carbocycles. The third-order valence-electron chi connectivity index (χ3n) is 4.36. The van der Waals surface area contributed by atoms with Gasteiger partial charge in [0, 0.05) is 19.1 Å². The van der Waals surface area contributed by atoms with Gasteiger partial charge in [0.05, 0.1) is 4.47 Å². The fraction of sp³-hybridized carbons (Fsp3) is 0.625. The van der Waals surface area contributed by atoms with Crippen molar-refractivity contribution in [2.75, 3.05) is 19.6 Å². The SMILES string of the molecule is Fc1cccc(CN(CC2CCCNC2)C2CC2)c1Br. The molecule has 0 aromatic heterocycles. The van der Waals surface area contributed by atoms with Gasteiger partial charge in [0.2, 0.25) is 0 Å². The Bertz CT molecular complexity index is 456. The fourth-order valence-corrected chi connectivity index (χ4v) is 3.47. The van der Waals surface area contributed by atoms with E-state index in [-0.39, 0.29) is 5.82 Å². The molecule has 1 aromatic rings. The van der Waals surface area contributed by atoms with E-state index in [2.05, 4.69) is 26.1 Å². The van der Waals surface area contributed by atoms with Crippen LogP contribution in [-0.4, -0.2) is 30.6 Å². The van der Waals surface area contributed by atoms with E-state index in [1.807, 2.05) is 12.1 Å². The molecule has 0 radical (unpaired) electrons. The highest BCUT2D eigenvalue weighted by molar-refractivity contribution is 9.10. The van der Waals surface area contributed by atoms with E-state index in [0.717, 1.165) is 37.7 Å². The Balaban J connectivity index is 1.66. The summed E-state index contributed by atoms with van der Waals surface area (Å²) >= 11 is 3.39. The van der Waals surface area contributed by atoms with Crippen LogP contribution in [0.5, 0.6) is 0 Å². The first kappa shape index (κ1) is 14.5. The van der Waals surface area contributed by atoms with Crippen LogP contribution in [-0.2, 0) is 6.54 Å². The summed E-state index contributed by atoms with van der Waals surface area (Å²) in [4.78, 5) is 2.55. The molecule has 1 N–H and O–H groups in total. The van der Waals surface area contributed by atoms with E-state index in [9.17, 15) is 4.39 Å². The second-order valence-electron chi connectivity index (χ2n) is 6.09. The predicted molar refractivity (Wildman–Crippen MR) is 83.1 cm³/mol. The summed E-state index contributed by atoms with van der Waals surface area (Å²) in [7, 11) is 0. The molecule has 1 unspecified atom stereocenters. The summed E-state index contributed by atoms with van der Waals surface area (Å²) < 4.78 is 14.3. The first-order chi connectivity index (χ1) is 9.74. The van der Waals surface area contributed by atoms with Crippen LogP contribution in [0.2, 0.25) is 0 Å². The highest BCUT2D eigenvalue weighted by atomic mass is 79.9. The zero-order chi connectivity index (χ0) is 13.9. The molecular weight excluding hydrogens is 319 g/mol. The molecule has 1 saturated carbocycles. The minimum absolute atomic E-state index is 0.155. The van der Waals surface area contributed by atoms with Gasteiger partial charge in [0.1, 0.15) is 5.82 Å². The lowest BCUT2D eigenvalue weighted by atomic mass is 9.98. The number of rotatable bonds is 5. The monoisotopic (exact) mass is 340 g/mol. The number of hydrogen-bond donors (Lipinski definition) is 1. The molecule has 2 nitrogen and oxygen atoms in total. The van der Waals surface area contributed by atoms with Gasteiger partial charge in [0.15, 0.2) is 0 Å². The zero-order valence-electron chi connectivity index (χ0n) is 11.7. The maximum Gasteiger partial charge on any atom is 0.137 e. The fourth-order valence-electron chi connectivity index (χ4n) is 3.08. The van der Waals surface area contributed by atoms with E-state index < -0.39 is 0 Å². The van der Waals surface area contributed by atoms with Crippen molar-refractivity contribution < 1.29 is 4.39 Å². The molecule has 1 heterocycles. The van der Waals surface area contributed by atoms with Crippen molar-refractivity contribution in [3.8, 4) is 0 Å². The number of nitrogens with one attached hydrogen (secondary N) is 1. The Morgan fingerprint density at radius 1 is 1.30 bits per heavy atom. The normalized spacial score (nSPS) is 23.2. The second kappa shape index (κ2) is 6.54. The minimum Gasteiger partial charge on any atom is -0.316 e. The van der Waals surface area contributed by atoms with E-state index in [0.29, 0.717) is 10.5 Å². The van der Waals surface area contributed by atoms with Gasteiger partial charge >= 0.3 is 0 Å². The summed E-state index contributed by atoms with van der Waals surface area (Å²) in [5.41, 5.74) is 1.07. The molecule has 1 atom stereocenters. The van der Waals surface area contributed by atoms with Gasteiger partial charge in [0.25, 0.3) is 0 Å². The first-order valence-corrected chi connectivity index (χ1v) is 8.41. The molecule has 0 amide bonds. The quantitative estimate of drug-likeness (QED) is 0.881. The number of benzene rings is 1. The molecule has 20 heavy (non-hydrogen) atoms. The van der Waals surface area contributed by atoms with Gasteiger partial charge in [-0.15, -0.1) is 0 Å². The lowest BCUT2D eigenvalue weighted by molar-refractivity contribution is 0.192. The van der Waals surface area contributed by atoms with Crippen LogP contribution in [0.1, 0.15) is 31.2 Å². The topological polar surface area (TPSA) is 15.3 Å². The van der Waals surface area contributed by atoms with Crippen LogP contribution < -0.4 is 5.32 Å². The van der Waals surface area contributed by atoms with Crippen molar-refractivity contribution in [1.29, 1.82) is 0 Å². The van der Waals surface area contributed by atoms with E-state index in [4.69, 9.17) is 0 Å². The smallest absolute Gasteiger partial charge is 0.137 e. The number of piperidine rings is 1. The van der Waals surface area contributed by atoms with Crippen LogP contribution in [0.15, 0.2) is 22.7 Å². The van der Waals surface area contributed by atoms with Gasteiger partial charge in [-0.25, -0.2) is 4.39 Å². The maximum absolute atomic E-state index is 13.6. The average molecular weight is 341 g/mol. The van der Waals surface area contributed by atoms with E-state index in [1.165, 1.54) is 31.7 Å². The van der Waals surface area contributed by atoms with Crippen LogP contribution in [0.3, 0.4) is 0 Å². The van der Waals surface area contributed by atoms with Crippen LogP contribution in [0, 0.1) is 11.7 Å². The van der Waals surface area contributed by atoms with Crippen molar-refractivity contribution in [3.63, 3.8) is 0 Å². The average Bonchev–Trinajstić information content (AvgIpc) is 3.29. The van der Waals surface area contributed by atoms with Crippen molar-refractivity contribution in [2.24, 2.45) is 5.92 Å². The largest absolute Gasteiger partial charge is 0.316 e. The number of halogens is 2. The number of nitrogens with zero attached hydrogens (tertiary/aromatic N) is 1. The highest BCUT2D eigenvalue weighted by Gasteiger charge is 2.31. The third-order valence-corrected chi connectivity index (χ3v) is 5.25. The van der Waals surface area contributed by atoms with Crippen molar-refractivity contribution in [1.82, 2.24) is 10.2 Å². The third kappa shape index (κ3) is 3.60. The molecule has 2 aliphatic rings. The standard InChI is InChI=1S/C16H22BrFN2/c17-16-13(4-1-5-15(16)18)11-20(14-6-7-14)10-12-3-2-8-19-9-12/h1,4-5,12,14,19H,2-3,6-11H2. The molecule has 1 saturated heterocycles. The van der Waals surface area contributed by atoms with Gasteiger partial charge in [-0.1, -0.05) is 12.1 Å². The molecule has 4 heteroatoms. The molecule has 0 spiro atoms. The van der Waals surface area contributed by atoms with Crippen molar-refractivity contribution in [2.45, 2.75) is 38.3 Å². The molecule has 0 bridgehead atoms. The van der Waals surface area contributed by atoms with Gasteiger partial charge < -0.3 is 5.32 Å². The molecule has 1 aliphatic carbocycles. The molecule has 2 fully saturated rings. The lowest BCUT2D eigenvalue weighted by Crippen LogP contribution is -2.39. The van der Waals surface area contributed by atoms with Gasteiger partial charge in [-0.05, 0) is 72.3 Å². The Labute approximate surface area is 128 Å². The Morgan fingerprint density at radius 2 is 2.15 bits per heavy atom. The minimum atomic E-state index is -0.155. The molecular formula is C16H22BrFN2. The van der Waals surface area contributed by atoms with Gasteiger partial charge in [-0.2, -0.15) is 0 Å². The first-order valence-electron chi connectivity index (χ1n) is 7.61. The molecule has 1 aliphatic heterocycles. The van der Waals surface area contributed by atoms with E-state index in [1.54, 1.807) is 0 Å². The Kier molecular flexibility index (Phi) is 4.74. The highest BCUT2D eigenvalue weighted by Crippen LogP contribution is 2.31. The summed E-state index contributed by atoms with van der Waals surface area (Å²) in [5.74, 6) is 0.592. The molecule has 110 valence electrons. The zero-order valence-corrected chi connectivity index (χ0v) is 13.3. The second-order valence-corrected chi connectivity index (χ2v) is 6.88. The van der Waals surface area contributed by atoms with Crippen molar-refractivity contribution >= 4 is 15.9 Å². The Morgan fingerprint density at radius 3 is 2.85 bits per heavy atom. The maximum atomic E-state index is 13.6. The van der Waals surface area contributed by atoms with Crippen LogP contribution >= 0.6 is 15.9 Å². The lowest BCUT2D eigenvalue weighted by Gasteiger charge is -2.30. The number of hydrogen-bond acceptors (Lipinski definition) is 2. The van der Waals surface area contributed by atoms with Gasteiger partial charge in [-0.3, -0.25) is 4.90 Å². The van der Waals surface area contributed by atoms with Crippen molar-refractivity contribution in [3.05, 3.63) is 34.1 Å². The summed E-state index contributed by atoms with van der Waals surface area (Å²) in [6.07, 6.45) is 5.20. The van der Waals surface area contributed by atoms with E-state index >= 15 is 0 Å². The van der Waals surface area contributed by atoms with Crippen LogP contribution in [0.25, 0.3) is 0 Å². The Hall–Kier alpha value is -0.450. The summed E-state index contributed by atoms with van der Waals surface area (Å²) in [6, 6.07) is 6.07. The van der Waals surface area contributed by atoms with Crippen LogP contribution in [0.4, 0.5) is 4.39 Å². The predicted octanol–water partition coefficient (Wildman–Crippen LogP) is 3.55. The summed E-state index contributed by atoms with van der Waals surface area (Å²) in [6.45, 7) is 4.29.